The molecule has 2 N–H and O–H groups in total. The molecule has 0 radical (unpaired) electrons. The van der Waals surface area contributed by atoms with Crippen molar-refractivity contribution in [1.82, 2.24) is 10.3 Å². The van der Waals surface area contributed by atoms with Crippen LogP contribution in [0.15, 0.2) is 47.5 Å². The number of aromatic nitrogens is 1. The van der Waals surface area contributed by atoms with Gasteiger partial charge in [-0.05, 0) is 36.6 Å². The smallest absolute Gasteiger partial charge is 0.319 e. The molecule has 1 aliphatic rings. The van der Waals surface area contributed by atoms with Gasteiger partial charge in [-0.25, -0.2) is 9.78 Å². The van der Waals surface area contributed by atoms with Crippen LogP contribution < -0.4 is 10.6 Å². The number of benzene rings is 1. The summed E-state index contributed by atoms with van der Waals surface area (Å²) in [6.45, 7) is 0.411. The maximum absolute atomic E-state index is 12.2. The van der Waals surface area contributed by atoms with Crippen LogP contribution in [0.3, 0.4) is 0 Å². The van der Waals surface area contributed by atoms with Crippen LogP contribution in [0.2, 0.25) is 5.15 Å². The SMILES string of the molecule is O=C(NCc1ccc(Cl)nc1)Nc1ccccc1SC1CCCC1. The Morgan fingerprint density at radius 2 is 2.00 bits per heavy atom. The molecule has 24 heavy (non-hydrogen) atoms. The van der Waals surface area contributed by atoms with Crippen molar-refractivity contribution >= 4 is 35.1 Å². The molecule has 1 fully saturated rings. The molecule has 1 aromatic carbocycles. The number of para-hydroxylation sites is 1. The second-order valence-corrected chi connectivity index (χ2v) is 7.55. The topological polar surface area (TPSA) is 54.0 Å². The number of urea groups is 1. The van der Waals surface area contributed by atoms with Crippen molar-refractivity contribution in [3.05, 3.63) is 53.3 Å². The molecule has 4 nitrogen and oxygen atoms in total. The van der Waals surface area contributed by atoms with Gasteiger partial charge in [-0.3, -0.25) is 0 Å². The Morgan fingerprint density at radius 1 is 1.21 bits per heavy atom. The average Bonchev–Trinajstić information content (AvgIpc) is 3.09. The van der Waals surface area contributed by atoms with E-state index in [1.54, 1.807) is 12.3 Å². The van der Waals surface area contributed by atoms with Crippen molar-refractivity contribution in [1.29, 1.82) is 0 Å². The van der Waals surface area contributed by atoms with Crippen LogP contribution in [0.1, 0.15) is 31.2 Å². The molecule has 0 atom stereocenters. The Bertz CT molecular complexity index is 687. The lowest BCUT2D eigenvalue weighted by molar-refractivity contribution is 0.251. The van der Waals surface area contributed by atoms with E-state index < -0.39 is 0 Å². The first-order chi connectivity index (χ1) is 11.7. The van der Waals surface area contributed by atoms with Crippen LogP contribution in [0.5, 0.6) is 0 Å². The summed E-state index contributed by atoms with van der Waals surface area (Å²) in [6.07, 6.45) is 6.79. The van der Waals surface area contributed by atoms with Gasteiger partial charge in [0.1, 0.15) is 5.15 Å². The monoisotopic (exact) mass is 361 g/mol. The normalized spacial score (nSPS) is 14.5. The summed E-state index contributed by atoms with van der Waals surface area (Å²) in [6, 6.07) is 11.3. The largest absolute Gasteiger partial charge is 0.334 e. The van der Waals surface area contributed by atoms with E-state index in [2.05, 4.69) is 21.7 Å². The summed E-state index contributed by atoms with van der Waals surface area (Å²) in [5.41, 5.74) is 1.77. The van der Waals surface area contributed by atoms with Gasteiger partial charge in [-0.2, -0.15) is 0 Å². The highest BCUT2D eigenvalue weighted by molar-refractivity contribution is 8.00. The van der Waals surface area contributed by atoms with Gasteiger partial charge in [0, 0.05) is 22.9 Å². The quantitative estimate of drug-likeness (QED) is 0.729. The van der Waals surface area contributed by atoms with Gasteiger partial charge < -0.3 is 10.6 Å². The van der Waals surface area contributed by atoms with E-state index in [4.69, 9.17) is 11.6 Å². The molecule has 2 amide bonds. The summed E-state index contributed by atoms with van der Waals surface area (Å²) in [5.74, 6) is 0. The van der Waals surface area contributed by atoms with Crippen LogP contribution >= 0.6 is 23.4 Å². The highest BCUT2D eigenvalue weighted by Crippen LogP contribution is 2.37. The fourth-order valence-electron chi connectivity index (χ4n) is 2.72. The predicted octanol–water partition coefficient (Wildman–Crippen LogP) is 5.09. The van der Waals surface area contributed by atoms with E-state index >= 15 is 0 Å². The number of pyridine rings is 1. The fraction of sp³-hybridized carbons (Fsp3) is 0.333. The third kappa shape index (κ3) is 4.89. The third-order valence-corrected chi connectivity index (χ3v) is 5.61. The van der Waals surface area contributed by atoms with E-state index in [1.165, 1.54) is 25.7 Å². The minimum Gasteiger partial charge on any atom is -0.334 e. The van der Waals surface area contributed by atoms with Gasteiger partial charge in [-0.15, -0.1) is 11.8 Å². The second-order valence-electron chi connectivity index (χ2n) is 5.82. The van der Waals surface area contributed by atoms with Crippen molar-refractivity contribution in [2.75, 3.05) is 5.32 Å². The zero-order valence-electron chi connectivity index (χ0n) is 13.3. The first-order valence-corrected chi connectivity index (χ1v) is 9.37. The van der Waals surface area contributed by atoms with Crippen LogP contribution in [-0.2, 0) is 6.54 Å². The number of hydrogen-bond acceptors (Lipinski definition) is 3. The lowest BCUT2D eigenvalue weighted by atomic mass is 10.3. The van der Waals surface area contributed by atoms with Gasteiger partial charge in [0.05, 0.1) is 5.69 Å². The zero-order chi connectivity index (χ0) is 16.8. The van der Waals surface area contributed by atoms with Crippen LogP contribution in [0.25, 0.3) is 0 Å². The number of anilines is 1. The summed E-state index contributed by atoms with van der Waals surface area (Å²) >= 11 is 7.62. The molecule has 1 heterocycles. The molecule has 3 rings (SSSR count). The lowest BCUT2D eigenvalue weighted by Crippen LogP contribution is -2.28. The third-order valence-electron chi connectivity index (χ3n) is 3.97. The number of carbonyl (C=O) groups is 1. The Labute approximate surface area is 151 Å². The highest BCUT2D eigenvalue weighted by Gasteiger charge is 2.18. The summed E-state index contributed by atoms with van der Waals surface area (Å²) in [7, 11) is 0. The standard InChI is InChI=1S/C18H20ClN3OS/c19-17-10-9-13(11-20-17)12-21-18(23)22-15-7-3-4-8-16(15)24-14-5-1-2-6-14/h3-4,7-11,14H,1-2,5-6,12H2,(H2,21,22,23). The molecule has 1 aromatic heterocycles. The lowest BCUT2D eigenvalue weighted by Gasteiger charge is -2.14. The molecule has 0 saturated heterocycles. The summed E-state index contributed by atoms with van der Waals surface area (Å²) in [4.78, 5) is 17.3. The van der Waals surface area contributed by atoms with Gasteiger partial charge in [0.2, 0.25) is 0 Å². The predicted molar refractivity (Wildman–Crippen MR) is 99.7 cm³/mol. The van der Waals surface area contributed by atoms with Crippen LogP contribution in [0, 0.1) is 0 Å². The number of halogens is 1. The Balaban J connectivity index is 1.56. The van der Waals surface area contributed by atoms with E-state index in [-0.39, 0.29) is 6.03 Å². The molecule has 1 aliphatic carbocycles. The number of thioether (sulfide) groups is 1. The van der Waals surface area contributed by atoms with E-state index in [1.807, 2.05) is 36.0 Å². The van der Waals surface area contributed by atoms with Crippen molar-refractivity contribution in [3.8, 4) is 0 Å². The Morgan fingerprint density at radius 3 is 2.75 bits per heavy atom. The van der Waals surface area contributed by atoms with Gasteiger partial charge in [0.25, 0.3) is 0 Å². The van der Waals surface area contributed by atoms with E-state index in [9.17, 15) is 4.79 Å². The average molecular weight is 362 g/mol. The first-order valence-electron chi connectivity index (χ1n) is 8.12. The molecule has 2 aromatic rings. The molecule has 0 bridgehead atoms. The zero-order valence-corrected chi connectivity index (χ0v) is 14.9. The van der Waals surface area contributed by atoms with Gasteiger partial charge in [0.15, 0.2) is 0 Å². The van der Waals surface area contributed by atoms with Gasteiger partial charge in [-0.1, -0.05) is 42.6 Å². The number of carbonyl (C=O) groups excluding carboxylic acids is 1. The number of nitrogens with zero attached hydrogens (tertiary/aromatic N) is 1. The maximum Gasteiger partial charge on any atom is 0.319 e. The maximum atomic E-state index is 12.2. The molecule has 126 valence electrons. The minimum atomic E-state index is -0.218. The first kappa shape index (κ1) is 17.1. The molecule has 6 heteroatoms. The van der Waals surface area contributed by atoms with Crippen molar-refractivity contribution in [2.24, 2.45) is 0 Å². The second kappa shape index (κ2) is 8.40. The van der Waals surface area contributed by atoms with Gasteiger partial charge >= 0.3 is 6.03 Å². The molecular formula is C18H20ClN3OS. The molecule has 0 unspecified atom stereocenters. The van der Waals surface area contributed by atoms with Crippen molar-refractivity contribution < 1.29 is 4.79 Å². The Kier molecular flexibility index (Phi) is 5.99. The van der Waals surface area contributed by atoms with Crippen molar-refractivity contribution in [3.63, 3.8) is 0 Å². The molecule has 0 aliphatic heterocycles. The van der Waals surface area contributed by atoms with Crippen molar-refractivity contribution in [2.45, 2.75) is 42.4 Å². The number of hydrogen-bond donors (Lipinski definition) is 2. The van der Waals surface area contributed by atoms with Crippen LogP contribution in [-0.4, -0.2) is 16.3 Å². The fourth-order valence-corrected chi connectivity index (χ4v) is 4.16. The summed E-state index contributed by atoms with van der Waals surface area (Å²) < 4.78 is 0. The number of nitrogens with one attached hydrogen (secondary N) is 2. The molecule has 1 saturated carbocycles. The Hall–Kier alpha value is -1.72. The van der Waals surface area contributed by atoms with E-state index in [0.29, 0.717) is 16.9 Å². The molecular weight excluding hydrogens is 342 g/mol. The minimum absolute atomic E-state index is 0.218. The number of rotatable bonds is 5. The summed E-state index contributed by atoms with van der Waals surface area (Å²) in [5, 5.41) is 6.90. The number of amides is 2. The molecule has 0 spiro atoms. The van der Waals surface area contributed by atoms with Crippen LogP contribution in [0.4, 0.5) is 10.5 Å². The van der Waals surface area contributed by atoms with E-state index in [0.717, 1.165) is 16.1 Å². The highest BCUT2D eigenvalue weighted by atomic mass is 35.5.